The van der Waals surface area contributed by atoms with Crippen molar-refractivity contribution < 1.29 is 9.59 Å². The number of benzene rings is 1. The van der Waals surface area contributed by atoms with Gasteiger partial charge in [-0.05, 0) is 50.2 Å². The minimum atomic E-state index is 0.107. The van der Waals surface area contributed by atoms with Crippen LogP contribution in [0.4, 0.5) is 0 Å². The molecule has 2 aliphatic rings. The minimum Gasteiger partial charge on any atom is -0.339 e. The van der Waals surface area contributed by atoms with Crippen molar-refractivity contribution in [2.45, 2.75) is 64.5 Å². The number of allylic oxidation sites excluding steroid dienone is 1. The van der Waals surface area contributed by atoms with Crippen molar-refractivity contribution in [3.8, 4) is 0 Å². The van der Waals surface area contributed by atoms with Gasteiger partial charge >= 0.3 is 0 Å². The van der Waals surface area contributed by atoms with Crippen molar-refractivity contribution in [2.75, 3.05) is 6.54 Å². The van der Waals surface area contributed by atoms with E-state index >= 15 is 0 Å². The van der Waals surface area contributed by atoms with Crippen molar-refractivity contribution >= 4 is 17.3 Å². The summed E-state index contributed by atoms with van der Waals surface area (Å²) in [4.78, 5) is 32.1. The number of hydrogen-bond donors (Lipinski definition) is 0. The molecule has 2 aromatic rings. The summed E-state index contributed by atoms with van der Waals surface area (Å²) in [6, 6.07) is 10.3. The van der Waals surface area contributed by atoms with E-state index in [1.807, 2.05) is 54.5 Å². The first-order valence-corrected chi connectivity index (χ1v) is 10.7. The summed E-state index contributed by atoms with van der Waals surface area (Å²) in [7, 11) is 0. The van der Waals surface area contributed by atoms with E-state index in [1.165, 1.54) is 0 Å². The maximum Gasteiger partial charge on any atom is 0.227 e. The number of amides is 1. The molecule has 1 atom stereocenters. The number of rotatable bonds is 6. The average Bonchev–Trinajstić information content (AvgIpc) is 3.32. The molecule has 0 N–H and O–H groups in total. The Kier molecular flexibility index (Phi) is 5.93. The fourth-order valence-corrected chi connectivity index (χ4v) is 4.68. The number of carbonyl (C=O) groups excluding carboxylic acids is 2. The van der Waals surface area contributed by atoms with Crippen molar-refractivity contribution in [1.29, 1.82) is 0 Å². The lowest BCUT2D eigenvalue weighted by Crippen LogP contribution is -2.44. The second-order valence-corrected chi connectivity index (χ2v) is 8.12. The molecule has 1 fully saturated rings. The zero-order valence-electron chi connectivity index (χ0n) is 17.1. The van der Waals surface area contributed by atoms with E-state index in [0.29, 0.717) is 6.42 Å². The predicted octanol–water partition coefficient (Wildman–Crippen LogP) is 4.17. The molecular weight excluding hydrogens is 362 g/mol. The highest BCUT2D eigenvalue weighted by Gasteiger charge is 2.31. The number of carbonyl (C=O) groups is 2. The molecule has 1 aromatic heterocycles. The first-order chi connectivity index (χ1) is 14.1. The first kappa shape index (κ1) is 19.6. The molecule has 0 radical (unpaired) electrons. The zero-order chi connectivity index (χ0) is 20.2. The summed E-state index contributed by atoms with van der Waals surface area (Å²) in [5.41, 5.74) is 2.87. The Morgan fingerprint density at radius 2 is 2.00 bits per heavy atom. The second-order valence-electron chi connectivity index (χ2n) is 8.12. The van der Waals surface area contributed by atoms with Crippen LogP contribution in [0.1, 0.15) is 56.3 Å². The van der Waals surface area contributed by atoms with E-state index in [2.05, 4.69) is 9.55 Å². The smallest absolute Gasteiger partial charge is 0.227 e. The van der Waals surface area contributed by atoms with Gasteiger partial charge in [-0.25, -0.2) is 4.98 Å². The lowest BCUT2D eigenvalue weighted by atomic mass is 9.96. The van der Waals surface area contributed by atoms with Crippen LogP contribution in [0.2, 0.25) is 0 Å². The summed E-state index contributed by atoms with van der Waals surface area (Å²) in [5, 5.41) is 0. The third-order valence-corrected chi connectivity index (χ3v) is 6.33. The molecule has 0 bridgehead atoms. The standard InChI is InChI=1S/C24H29N3O2/c1-18-25-13-16-26(18)15-12-20-9-5-6-14-27(20)24(29)17-22-21(10-11-23(22)28)19-7-3-2-4-8-19/h2-4,7-8,13,16,20H,5-6,9-12,14-15,17H2,1H3. The van der Waals surface area contributed by atoms with Crippen LogP contribution in [0.25, 0.3) is 5.57 Å². The van der Waals surface area contributed by atoms with Gasteiger partial charge in [0.05, 0.1) is 6.42 Å². The highest BCUT2D eigenvalue weighted by Crippen LogP contribution is 2.34. The van der Waals surface area contributed by atoms with E-state index in [4.69, 9.17) is 0 Å². The van der Waals surface area contributed by atoms with Crippen LogP contribution >= 0.6 is 0 Å². The fourth-order valence-electron chi connectivity index (χ4n) is 4.68. The molecule has 1 aromatic carbocycles. The number of imidazole rings is 1. The van der Waals surface area contributed by atoms with Crippen LogP contribution in [0, 0.1) is 6.92 Å². The third-order valence-electron chi connectivity index (χ3n) is 6.33. The highest BCUT2D eigenvalue weighted by molar-refractivity contribution is 6.10. The van der Waals surface area contributed by atoms with E-state index < -0.39 is 0 Å². The molecule has 0 saturated carbocycles. The van der Waals surface area contributed by atoms with E-state index in [0.717, 1.165) is 67.7 Å². The average molecular weight is 392 g/mol. The number of ketones is 1. The molecule has 152 valence electrons. The molecule has 1 aliphatic heterocycles. The molecule has 1 saturated heterocycles. The number of aromatic nitrogens is 2. The number of nitrogens with zero attached hydrogens (tertiary/aromatic N) is 3. The molecule has 4 rings (SSSR count). The van der Waals surface area contributed by atoms with Crippen LogP contribution < -0.4 is 0 Å². The summed E-state index contributed by atoms with van der Waals surface area (Å²) in [6.07, 6.45) is 9.51. The Morgan fingerprint density at radius 3 is 2.76 bits per heavy atom. The van der Waals surface area contributed by atoms with Crippen LogP contribution in [0.5, 0.6) is 0 Å². The monoisotopic (exact) mass is 391 g/mol. The van der Waals surface area contributed by atoms with E-state index in [-0.39, 0.29) is 24.2 Å². The van der Waals surface area contributed by atoms with Gasteiger partial charge in [-0.1, -0.05) is 30.3 Å². The molecule has 0 spiro atoms. The zero-order valence-corrected chi connectivity index (χ0v) is 17.1. The summed E-state index contributed by atoms with van der Waals surface area (Å²) in [5.74, 6) is 1.25. The molecule has 1 aliphatic carbocycles. The van der Waals surface area contributed by atoms with Gasteiger partial charge in [-0.3, -0.25) is 9.59 Å². The third kappa shape index (κ3) is 4.34. The number of aryl methyl sites for hydroxylation is 2. The van der Waals surface area contributed by atoms with Gasteiger partial charge < -0.3 is 9.47 Å². The minimum absolute atomic E-state index is 0.107. The van der Waals surface area contributed by atoms with Crippen molar-refractivity contribution in [3.63, 3.8) is 0 Å². The van der Waals surface area contributed by atoms with Crippen molar-refractivity contribution in [1.82, 2.24) is 14.5 Å². The summed E-state index contributed by atoms with van der Waals surface area (Å²) < 4.78 is 2.15. The van der Waals surface area contributed by atoms with E-state index in [9.17, 15) is 9.59 Å². The van der Waals surface area contributed by atoms with Gasteiger partial charge in [0.15, 0.2) is 5.78 Å². The molecule has 5 heteroatoms. The van der Waals surface area contributed by atoms with Gasteiger partial charge in [0.2, 0.25) is 5.91 Å². The fraction of sp³-hybridized carbons (Fsp3) is 0.458. The molecule has 29 heavy (non-hydrogen) atoms. The maximum atomic E-state index is 13.2. The predicted molar refractivity (Wildman–Crippen MR) is 113 cm³/mol. The molecule has 2 heterocycles. The summed E-state index contributed by atoms with van der Waals surface area (Å²) in [6.45, 7) is 3.68. The Morgan fingerprint density at radius 1 is 1.17 bits per heavy atom. The lowest BCUT2D eigenvalue weighted by molar-refractivity contribution is -0.135. The molecular formula is C24H29N3O2. The lowest BCUT2D eigenvalue weighted by Gasteiger charge is -2.36. The van der Waals surface area contributed by atoms with Crippen LogP contribution in [0.15, 0.2) is 48.3 Å². The Bertz CT molecular complexity index is 913. The molecule has 5 nitrogen and oxygen atoms in total. The second kappa shape index (κ2) is 8.76. The van der Waals surface area contributed by atoms with Crippen LogP contribution in [-0.2, 0) is 16.1 Å². The first-order valence-electron chi connectivity index (χ1n) is 10.7. The Hall–Kier alpha value is -2.69. The summed E-state index contributed by atoms with van der Waals surface area (Å²) >= 11 is 0. The number of piperidine rings is 1. The van der Waals surface area contributed by atoms with Crippen molar-refractivity contribution in [2.24, 2.45) is 0 Å². The maximum absolute atomic E-state index is 13.2. The van der Waals surface area contributed by atoms with Gasteiger partial charge in [0.1, 0.15) is 5.82 Å². The SMILES string of the molecule is Cc1nccn1CCC1CCCCN1C(=O)CC1=C(c2ccccc2)CCC1=O. The van der Waals surface area contributed by atoms with Gasteiger partial charge in [0, 0.05) is 43.5 Å². The highest BCUT2D eigenvalue weighted by atomic mass is 16.2. The van der Waals surface area contributed by atoms with Gasteiger partial charge in [0.25, 0.3) is 0 Å². The van der Waals surface area contributed by atoms with Gasteiger partial charge in [-0.15, -0.1) is 0 Å². The quantitative estimate of drug-likeness (QED) is 0.743. The Labute approximate surface area is 172 Å². The number of Topliss-reactive ketones (excluding diaryl/α,β-unsaturated/α-hetero) is 1. The number of hydrogen-bond acceptors (Lipinski definition) is 3. The normalized spacial score (nSPS) is 19.8. The van der Waals surface area contributed by atoms with Crippen molar-refractivity contribution in [3.05, 3.63) is 59.7 Å². The van der Waals surface area contributed by atoms with Crippen LogP contribution in [0.3, 0.4) is 0 Å². The topological polar surface area (TPSA) is 55.2 Å². The van der Waals surface area contributed by atoms with Gasteiger partial charge in [-0.2, -0.15) is 0 Å². The largest absolute Gasteiger partial charge is 0.339 e. The molecule has 1 unspecified atom stereocenters. The molecule has 1 amide bonds. The van der Waals surface area contributed by atoms with Crippen LogP contribution in [-0.4, -0.2) is 38.7 Å². The Balaban J connectivity index is 1.48. The van der Waals surface area contributed by atoms with E-state index in [1.54, 1.807) is 0 Å². The number of likely N-dealkylation sites (tertiary alicyclic amines) is 1.